The number of ether oxygens (including phenoxy) is 1. The molecule has 0 fully saturated rings. The van der Waals surface area contributed by atoms with Gasteiger partial charge in [-0.15, -0.1) is 11.3 Å². The Kier molecular flexibility index (Phi) is 3.11. The van der Waals surface area contributed by atoms with Crippen LogP contribution in [0.1, 0.15) is 27.1 Å². The van der Waals surface area contributed by atoms with Crippen LogP contribution in [0.3, 0.4) is 0 Å². The number of carbonyl (C=O) groups excluding carboxylic acids is 1. The Bertz CT molecular complexity index is 613. The van der Waals surface area contributed by atoms with Crippen molar-refractivity contribution in [2.24, 2.45) is 0 Å². The number of Topliss-reactive ketones (excluding diaryl/α,β-unsaturated/α-hetero) is 1. The van der Waals surface area contributed by atoms with Crippen LogP contribution in [0, 0.1) is 13.8 Å². The molecule has 1 atom stereocenters. The van der Waals surface area contributed by atoms with E-state index in [1.807, 2.05) is 38.1 Å². The number of hydrogen-bond acceptors (Lipinski definition) is 4. The number of ketones is 1. The predicted molar refractivity (Wildman–Crippen MR) is 75.0 cm³/mol. The van der Waals surface area contributed by atoms with E-state index in [0.29, 0.717) is 13.0 Å². The van der Waals surface area contributed by atoms with Gasteiger partial charge in [-0.3, -0.25) is 4.79 Å². The maximum atomic E-state index is 12.4. The summed E-state index contributed by atoms with van der Waals surface area (Å²) in [6.45, 7) is 4.48. The maximum Gasteiger partial charge on any atom is 0.150 e. The van der Waals surface area contributed by atoms with Crippen LogP contribution in [-0.4, -0.2) is 17.4 Å². The summed E-state index contributed by atoms with van der Waals surface area (Å²) in [4.78, 5) is 18.0. The van der Waals surface area contributed by atoms with Crippen LogP contribution in [0.4, 0.5) is 0 Å². The topological polar surface area (TPSA) is 39.2 Å². The molecule has 0 saturated heterocycles. The van der Waals surface area contributed by atoms with E-state index in [0.717, 1.165) is 22.0 Å². The minimum absolute atomic E-state index is 0.138. The maximum absolute atomic E-state index is 12.4. The Balaban J connectivity index is 1.79. The fourth-order valence-corrected chi connectivity index (χ4v) is 3.26. The Morgan fingerprint density at radius 2 is 2.21 bits per heavy atom. The average molecular weight is 273 g/mol. The van der Waals surface area contributed by atoms with Crippen LogP contribution in [0.15, 0.2) is 24.3 Å². The van der Waals surface area contributed by atoms with Gasteiger partial charge in [-0.05, 0) is 19.9 Å². The van der Waals surface area contributed by atoms with Crippen LogP contribution in [0.25, 0.3) is 0 Å². The highest BCUT2D eigenvalue weighted by Gasteiger charge is 2.30. The first-order valence-corrected chi connectivity index (χ1v) is 7.14. The van der Waals surface area contributed by atoms with Gasteiger partial charge in [-0.25, -0.2) is 4.98 Å². The summed E-state index contributed by atoms with van der Waals surface area (Å²) in [6.07, 6.45) is 0.404. The lowest BCUT2D eigenvalue weighted by Gasteiger charge is -2.05. The molecule has 1 unspecified atom stereocenters. The minimum Gasteiger partial charge on any atom is -0.492 e. The van der Waals surface area contributed by atoms with Crippen molar-refractivity contribution in [1.82, 2.24) is 4.98 Å². The normalized spacial score (nSPS) is 17.1. The SMILES string of the molecule is Cc1nc(CC(=O)C2COc3ccccc32)sc1C. The zero-order chi connectivity index (χ0) is 13.4. The van der Waals surface area contributed by atoms with Crippen LogP contribution >= 0.6 is 11.3 Å². The zero-order valence-electron chi connectivity index (χ0n) is 11.0. The first kappa shape index (κ1) is 12.4. The molecule has 2 aromatic rings. The monoisotopic (exact) mass is 273 g/mol. The molecule has 3 rings (SSSR count). The third-order valence-corrected chi connectivity index (χ3v) is 4.56. The first-order valence-electron chi connectivity index (χ1n) is 6.32. The van der Waals surface area contributed by atoms with Crippen molar-refractivity contribution >= 4 is 17.1 Å². The van der Waals surface area contributed by atoms with E-state index in [-0.39, 0.29) is 11.7 Å². The summed E-state index contributed by atoms with van der Waals surface area (Å²) in [5, 5.41) is 0.907. The molecule has 0 N–H and O–H groups in total. The van der Waals surface area contributed by atoms with Crippen molar-refractivity contribution in [3.05, 3.63) is 45.4 Å². The standard InChI is InChI=1S/C15H15NO2S/c1-9-10(2)19-15(16-9)7-13(17)12-8-18-14-6-4-3-5-11(12)14/h3-6,12H,7-8H2,1-2H3. The third kappa shape index (κ3) is 2.28. The smallest absolute Gasteiger partial charge is 0.150 e. The van der Waals surface area contributed by atoms with E-state index in [1.54, 1.807) is 11.3 Å². The van der Waals surface area contributed by atoms with E-state index in [9.17, 15) is 4.79 Å². The Morgan fingerprint density at radius 1 is 1.42 bits per heavy atom. The first-order chi connectivity index (χ1) is 9.15. The fraction of sp³-hybridized carbons (Fsp3) is 0.333. The molecular weight excluding hydrogens is 258 g/mol. The number of benzene rings is 1. The third-order valence-electron chi connectivity index (χ3n) is 3.49. The molecule has 2 heterocycles. The number of aromatic nitrogens is 1. The second-order valence-corrected chi connectivity index (χ2v) is 6.08. The van der Waals surface area contributed by atoms with Crippen molar-refractivity contribution in [3.8, 4) is 5.75 Å². The van der Waals surface area contributed by atoms with Gasteiger partial charge in [0.1, 0.15) is 17.4 Å². The molecule has 0 aliphatic carbocycles. The number of hydrogen-bond donors (Lipinski definition) is 0. The molecule has 0 radical (unpaired) electrons. The Labute approximate surface area is 116 Å². The molecule has 19 heavy (non-hydrogen) atoms. The number of para-hydroxylation sites is 1. The summed E-state index contributed by atoms with van der Waals surface area (Å²) in [6, 6.07) is 7.77. The van der Waals surface area contributed by atoms with Crippen molar-refractivity contribution in [2.75, 3.05) is 6.61 Å². The van der Waals surface area contributed by atoms with Gasteiger partial charge in [0.05, 0.1) is 18.0 Å². The summed E-state index contributed by atoms with van der Waals surface area (Å²) >= 11 is 1.61. The number of nitrogens with zero attached hydrogens (tertiary/aromatic N) is 1. The second kappa shape index (κ2) is 4.78. The molecule has 0 saturated carbocycles. The van der Waals surface area contributed by atoms with Crippen molar-refractivity contribution in [1.29, 1.82) is 0 Å². The highest BCUT2D eigenvalue weighted by molar-refractivity contribution is 7.11. The largest absolute Gasteiger partial charge is 0.492 e. The van der Waals surface area contributed by atoms with Crippen molar-refractivity contribution < 1.29 is 9.53 Å². The van der Waals surface area contributed by atoms with E-state index < -0.39 is 0 Å². The van der Waals surface area contributed by atoms with Gasteiger partial charge < -0.3 is 4.74 Å². The molecule has 1 aromatic heterocycles. The summed E-state index contributed by atoms with van der Waals surface area (Å²) in [5.74, 6) is 0.895. The van der Waals surface area contributed by atoms with Crippen LogP contribution in [0.2, 0.25) is 0 Å². The van der Waals surface area contributed by atoms with Gasteiger partial charge in [0.2, 0.25) is 0 Å². The molecule has 0 spiro atoms. The van der Waals surface area contributed by atoms with Crippen molar-refractivity contribution in [3.63, 3.8) is 0 Å². The predicted octanol–water partition coefficient (Wildman–Crippen LogP) is 3.05. The quantitative estimate of drug-likeness (QED) is 0.863. The van der Waals surface area contributed by atoms with Gasteiger partial charge in [0.15, 0.2) is 5.78 Å². The summed E-state index contributed by atoms with van der Waals surface area (Å²) < 4.78 is 5.56. The molecular formula is C15H15NO2S. The van der Waals surface area contributed by atoms with E-state index >= 15 is 0 Å². The molecule has 1 aliphatic rings. The van der Waals surface area contributed by atoms with E-state index in [1.165, 1.54) is 4.88 Å². The van der Waals surface area contributed by atoms with E-state index in [2.05, 4.69) is 4.98 Å². The van der Waals surface area contributed by atoms with Gasteiger partial charge in [0, 0.05) is 10.4 Å². The Hall–Kier alpha value is -1.68. The number of aryl methyl sites for hydroxylation is 2. The molecule has 4 heteroatoms. The number of fused-ring (bicyclic) bond motifs is 1. The number of thiazole rings is 1. The van der Waals surface area contributed by atoms with Crippen LogP contribution in [0.5, 0.6) is 5.75 Å². The highest BCUT2D eigenvalue weighted by atomic mass is 32.1. The molecule has 0 amide bonds. The van der Waals surface area contributed by atoms with Crippen molar-refractivity contribution in [2.45, 2.75) is 26.2 Å². The number of carbonyl (C=O) groups is 1. The molecule has 1 aromatic carbocycles. The summed E-state index contributed by atoms with van der Waals surface area (Å²) in [5.41, 5.74) is 2.04. The van der Waals surface area contributed by atoms with Gasteiger partial charge >= 0.3 is 0 Å². The van der Waals surface area contributed by atoms with E-state index in [4.69, 9.17) is 4.74 Å². The lowest BCUT2D eigenvalue weighted by molar-refractivity contribution is -0.120. The van der Waals surface area contributed by atoms with Gasteiger partial charge in [0.25, 0.3) is 0 Å². The van der Waals surface area contributed by atoms with Crippen LogP contribution < -0.4 is 4.74 Å². The molecule has 98 valence electrons. The lowest BCUT2D eigenvalue weighted by atomic mass is 9.95. The lowest BCUT2D eigenvalue weighted by Crippen LogP contribution is -2.16. The molecule has 1 aliphatic heterocycles. The zero-order valence-corrected chi connectivity index (χ0v) is 11.8. The molecule has 3 nitrogen and oxygen atoms in total. The van der Waals surface area contributed by atoms with Gasteiger partial charge in [-0.2, -0.15) is 0 Å². The molecule has 0 bridgehead atoms. The highest BCUT2D eigenvalue weighted by Crippen LogP contribution is 2.34. The second-order valence-electron chi connectivity index (χ2n) is 4.79. The fourth-order valence-electron chi connectivity index (χ4n) is 2.32. The number of rotatable bonds is 3. The average Bonchev–Trinajstić information content (AvgIpc) is 2.94. The minimum atomic E-state index is -0.138. The van der Waals surface area contributed by atoms with Crippen LogP contribution in [-0.2, 0) is 11.2 Å². The summed E-state index contributed by atoms with van der Waals surface area (Å²) in [7, 11) is 0. The van der Waals surface area contributed by atoms with Gasteiger partial charge in [-0.1, -0.05) is 18.2 Å². The Morgan fingerprint density at radius 3 is 2.95 bits per heavy atom.